The predicted octanol–water partition coefficient (Wildman–Crippen LogP) is 2.97. The SMILES string of the molecule is Cc1ccc(C)c2c1NC(C)(C)[C@H](O)[C@H]2C. The zero-order valence-corrected chi connectivity index (χ0v) is 10.8. The average Bonchev–Trinajstić information content (AvgIpc) is 2.20. The second kappa shape index (κ2) is 3.49. The van der Waals surface area contributed by atoms with E-state index in [-0.39, 0.29) is 17.6 Å². The monoisotopic (exact) mass is 219 g/mol. The Labute approximate surface area is 97.7 Å². The van der Waals surface area contributed by atoms with Gasteiger partial charge in [0.1, 0.15) is 0 Å². The molecule has 2 atom stereocenters. The molecule has 1 aromatic rings. The van der Waals surface area contributed by atoms with Crippen molar-refractivity contribution >= 4 is 5.69 Å². The zero-order chi connectivity index (χ0) is 12.1. The normalized spacial score (nSPS) is 27.1. The molecule has 88 valence electrons. The Morgan fingerprint density at radius 1 is 1.19 bits per heavy atom. The van der Waals surface area contributed by atoms with Crippen molar-refractivity contribution in [3.8, 4) is 0 Å². The molecule has 0 fully saturated rings. The molecule has 2 rings (SSSR count). The van der Waals surface area contributed by atoms with Gasteiger partial charge in [0.05, 0.1) is 11.6 Å². The van der Waals surface area contributed by atoms with E-state index < -0.39 is 0 Å². The Hall–Kier alpha value is -1.02. The van der Waals surface area contributed by atoms with Gasteiger partial charge in [0, 0.05) is 11.6 Å². The lowest BCUT2D eigenvalue weighted by atomic mass is 9.77. The van der Waals surface area contributed by atoms with Gasteiger partial charge < -0.3 is 10.4 Å². The number of rotatable bonds is 0. The summed E-state index contributed by atoms with van der Waals surface area (Å²) in [6.45, 7) is 10.4. The molecule has 1 aliphatic rings. The summed E-state index contributed by atoms with van der Waals surface area (Å²) >= 11 is 0. The highest BCUT2D eigenvalue weighted by atomic mass is 16.3. The molecule has 2 heteroatoms. The summed E-state index contributed by atoms with van der Waals surface area (Å²) in [5, 5.41) is 13.8. The number of aliphatic hydroxyl groups is 1. The van der Waals surface area contributed by atoms with E-state index in [1.165, 1.54) is 22.4 Å². The summed E-state index contributed by atoms with van der Waals surface area (Å²) in [4.78, 5) is 0. The molecule has 1 aromatic carbocycles. The standard InChI is InChI=1S/C14H21NO/c1-8-6-7-9(2)12-11(8)10(3)13(16)14(4,5)15-12/h6-7,10,13,15-16H,1-5H3/t10-,13+/m0/s1. The van der Waals surface area contributed by atoms with Crippen molar-refractivity contribution in [3.05, 3.63) is 28.8 Å². The van der Waals surface area contributed by atoms with Crippen LogP contribution in [-0.2, 0) is 0 Å². The molecule has 0 saturated carbocycles. The highest BCUT2D eigenvalue weighted by molar-refractivity contribution is 5.65. The van der Waals surface area contributed by atoms with E-state index in [9.17, 15) is 5.11 Å². The first-order chi connectivity index (χ1) is 7.34. The molecular weight excluding hydrogens is 198 g/mol. The minimum absolute atomic E-state index is 0.186. The van der Waals surface area contributed by atoms with Crippen LogP contribution in [0.25, 0.3) is 0 Å². The third kappa shape index (κ3) is 1.52. The van der Waals surface area contributed by atoms with Gasteiger partial charge in [0.25, 0.3) is 0 Å². The molecule has 1 heterocycles. The Morgan fingerprint density at radius 3 is 2.38 bits per heavy atom. The predicted molar refractivity (Wildman–Crippen MR) is 68.0 cm³/mol. The fourth-order valence-corrected chi connectivity index (χ4v) is 2.76. The fraction of sp³-hybridized carbons (Fsp3) is 0.571. The number of hydrogen-bond acceptors (Lipinski definition) is 2. The maximum absolute atomic E-state index is 10.3. The number of anilines is 1. The summed E-state index contributed by atoms with van der Waals surface area (Å²) in [6, 6.07) is 4.28. The lowest BCUT2D eigenvalue weighted by molar-refractivity contribution is 0.0866. The van der Waals surface area contributed by atoms with Crippen LogP contribution in [0.5, 0.6) is 0 Å². The van der Waals surface area contributed by atoms with Crippen molar-refractivity contribution in [2.24, 2.45) is 0 Å². The van der Waals surface area contributed by atoms with Gasteiger partial charge in [0.15, 0.2) is 0 Å². The van der Waals surface area contributed by atoms with Gasteiger partial charge >= 0.3 is 0 Å². The van der Waals surface area contributed by atoms with Crippen molar-refractivity contribution < 1.29 is 5.11 Å². The van der Waals surface area contributed by atoms with Gasteiger partial charge in [0.2, 0.25) is 0 Å². The highest BCUT2D eigenvalue weighted by Crippen LogP contribution is 2.42. The zero-order valence-electron chi connectivity index (χ0n) is 10.8. The van der Waals surface area contributed by atoms with Crippen LogP contribution in [0, 0.1) is 13.8 Å². The van der Waals surface area contributed by atoms with Crippen molar-refractivity contribution in [2.75, 3.05) is 5.32 Å². The van der Waals surface area contributed by atoms with Crippen LogP contribution in [-0.4, -0.2) is 16.7 Å². The van der Waals surface area contributed by atoms with Crippen LogP contribution < -0.4 is 5.32 Å². The quantitative estimate of drug-likeness (QED) is 0.703. The number of fused-ring (bicyclic) bond motifs is 1. The topological polar surface area (TPSA) is 32.3 Å². The van der Waals surface area contributed by atoms with E-state index in [2.05, 4.69) is 52.1 Å². The minimum atomic E-state index is -0.347. The lowest BCUT2D eigenvalue weighted by Crippen LogP contribution is -2.50. The highest BCUT2D eigenvalue weighted by Gasteiger charge is 2.39. The van der Waals surface area contributed by atoms with E-state index in [0.717, 1.165) is 0 Å². The third-order valence-electron chi connectivity index (χ3n) is 3.79. The van der Waals surface area contributed by atoms with E-state index in [1.807, 2.05) is 0 Å². The van der Waals surface area contributed by atoms with E-state index in [1.54, 1.807) is 0 Å². The van der Waals surface area contributed by atoms with Crippen LogP contribution in [0.1, 0.15) is 43.4 Å². The fourth-order valence-electron chi connectivity index (χ4n) is 2.76. The molecule has 0 radical (unpaired) electrons. The molecule has 0 spiro atoms. The van der Waals surface area contributed by atoms with Crippen LogP contribution in [0.15, 0.2) is 12.1 Å². The van der Waals surface area contributed by atoms with Gasteiger partial charge in [-0.1, -0.05) is 19.1 Å². The van der Waals surface area contributed by atoms with Crippen molar-refractivity contribution in [2.45, 2.75) is 52.2 Å². The van der Waals surface area contributed by atoms with Crippen LogP contribution >= 0.6 is 0 Å². The first-order valence-electron chi connectivity index (χ1n) is 5.91. The first-order valence-corrected chi connectivity index (χ1v) is 5.91. The minimum Gasteiger partial charge on any atom is -0.390 e. The molecule has 0 aromatic heterocycles. The Morgan fingerprint density at radius 2 is 1.75 bits per heavy atom. The second-order valence-electron chi connectivity index (χ2n) is 5.57. The summed E-state index contributed by atoms with van der Waals surface area (Å²) < 4.78 is 0. The average molecular weight is 219 g/mol. The van der Waals surface area contributed by atoms with Gasteiger partial charge in [-0.2, -0.15) is 0 Å². The molecule has 2 nitrogen and oxygen atoms in total. The molecule has 0 amide bonds. The molecule has 16 heavy (non-hydrogen) atoms. The largest absolute Gasteiger partial charge is 0.390 e. The number of aryl methyl sites for hydroxylation is 2. The van der Waals surface area contributed by atoms with Gasteiger partial charge in [-0.05, 0) is 44.4 Å². The van der Waals surface area contributed by atoms with Gasteiger partial charge in [-0.3, -0.25) is 0 Å². The number of aliphatic hydroxyl groups excluding tert-OH is 1. The summed E-state index contributed by atoms with van der Waals surface area (Å²) in [6.07, 6.45) is -0.347. The molecule has 1 aliphatic heterocycles. The summed E-state index contributed by atoms with van der Waals surface area (Å²) in [7, 11) is 0. The lowest BCUT2D eigenvalue weighted by Gasteiger charge is -2.43. The number of nitrogens with one attached hydrogen (secondary N) is 1. The molecule has 0 aliphatic carbocycles. The van der Waals surface area contributed by atoms with E-state index in [0.29, 0.717) is 0 Å². The molecule has 2 N–H and O–H groups in total. The summed E-state index contributed by atoms with van der Waals surface area (Å²) in [5.74, 6) is 0.186. The maximum Gasteiger partial charge on any atom is 0.0830 e. The molecular formula is C14H21NO. The Bertz CT molecular complexity index is 423. The van der Waals surface area contributed by atoms with E-state index in [4.69, 9.17) is 0 Å². The Balaban J connectivity index is 2.63. The number of hydrogen-bond donors (Lipinski definition) is 2. The molecule has 0 bridgehead atoms. The van der Waals surface area contributed by atoms with Crippen LogP contribution in [0.2, 0.25) is 0 Å². The summed E-state index contributed by atoms with van der Waals surface area (Å²) in [5.41, 5.74) is 4.74. The first kappa shape index (κ1) is 11.5. The maximum atomic E-state index is 10.3. The molecule has 0 unspecified atom stereocenters. The van der Waals surface area contributed by atoms with Crippen molar-refractivity contribution in [1.82, 2.24) is 0 Å². The smallest absolute Gasteiger partial charge is 0.0830 e. The van der Waals surface area contributed by atoms with Gasteiger partial charge in [-0.15, -0.1) is 0 Å². The molecule has 0 saturated heterocycles. The Kier molecular flexibility index (Phi) is 2.50. The van der Waals surface area contributed by atoms with E-state index >= 15 is 0 Å². The van der Waals surface area contributed by atoms with Gasteiger partial charge in [-0.25, -0.2) is 0 Å². The third-order valence-corrected chi connectivity index (χ3v) is 3.79. The van der Waals surface area contributed by atoms with Crippen LogP contribution in [0.3, 0.4) is 0 Å². The van der Waals surface area contributed by atoms with Crippen LogP contribution in [0.4, 0.5) is 5.69 Å². The van der Waals surface area contributed by atoms with Crippen molar-refractivity contribution in [1.29, 1.82) is 0 Å². The second-order valence-corrected chi connectivity index (χ2v) is 5.57. The van der Waals surface area contributed by atoms with Crippen molar-refractivity contribution in [3.63, 3.8) is 0 Å². The number of benzene rings is 1.